The van der Waals surface area contributed by atoms with E-state index < -0.39 is 15.9 Å². The zero-order valence-corrected chi connectivity index (χ0v) is 18.5. The predicted octanol–water partition coefficient (Wildman–Crippen LogP) is 2.62. The monoisotopic (exact) mass is 458 g/mol. The highest BCUT2D eigenvalue weighted by atomic mass is 32.2. The van der Waals surface area contributed by atoms with Crippen LogP contribution in [0.25, 0.3) is 0 Å². The molecule has 0 saturated carbocycles. The van der Waals surface area contributed by atoms with Gasteiger partial charge >= 0.3 is 0 Å². The van der Waals surface area contributed by atoms with E-state index in [4.69, 9.17) is 14.2 Å². The van der Waals surface area contributed by atoms with Gasteiger partial charge in [0.25, 0.3) is 21.8 Å². The SMILES string of the molecule is COc1cc(C)ccc1OCC(=O)Nc1ccc(S(=O)(=O)Nc2nccnc2OC)cc1. The van der Waals surface area contributed by atoms with Gasteiger partial charge in [0.05, 0.1) is 19.1 Å². The molecule has 10 nitrogen and oxygen atoms in total. The minimum atomic E-state index is -3.93. The van der Waals surface area contributed by atoms with E-state index in [-0.39, 0.29) is 23.2 Å². The normalized spacial score (nSPS) is 10.8. The molecule has 32 heavy (non-hydrogen) atoms. The van der Waals surface area contributed by atoms with E-state index in [1.54, 1.807) is 12.1 Å². The van der Waals surface area contributed by atoms with E-state index in [0.717, 1.165) is 5.56 Å². The van der Waals surface area contributed by atoms with Crippen LogP contribution in [0.4, 0.5) is 11.5 Å². The van der Waals surface area contributed by atoms with Crippen LogP contribution in [-0.2, 0) is 14.8 Å². The molecule has 0 aliphatic carbocycles. The molecule has 2 aromatic carbocycles. The average molecular weight is 458 g/mol. The molecule has 0 radical (unpaired) electrons. The minimum Gasteiger partial charge on any atom is -0.493 e. The lowest BCUT2D eigenvalue weighted by Gasteiger charge is -2.12. The quantitative estimate of drug-likeness (QED) is 0.501. The Labute approximate surface area is 185 Å². The lowest BCUT2D eigenvalue weighted by Crippen LogP contribution is -2.20. The number of amides is 1. The highest BCUT2D eigenvalue weighted by molar-refractivity contribution is 7.92. The van der Waals surface area contributed by atoms with Gasteiger partial charge in [0.15, 0.2) is 18.1 Å². The van der Waals surface area contributed by atoms with Gasteiger partial charge in [-0.2, -0.15) is 0 Å². The molecule has 0 spiro atoms. The van der Waals surface area contributed by atoms with Crippen LogP contribution in [0.5, 0.6) is 17.4 Å². The molecular formula is C21H22N4O6S. The molecule has 3 aromatic rings. The number of sulfonamides is 1. The van der Waals surface area contributed by atoms with Gasteiger partial charge < -0.3 is 19.5 Å². The van der Waals surface area contributed by atoms with Gasteiger partial charge in [0.1, 0.15) is 0 Å². The summed E-state index contributed by atoms with van der Waals surface area (Å²) < 4.78 is 43.3. The maximum atomic E-state index is 12.6. The van der Waals surface area contributed by atoms with E-state index in [9.17, 15) is 13.2 Å². The minimum absolute atomic E-state index is 0.0242. The molecular weight excluding hydrogens is 436 g/mol. The summed E-state index contributed by atoms with van der Waals surface area (Å²) in [7, 11) is -1.05. The van der Waals surface area contributed by atoms with Gasteiger partial charge in [-0.1, -0.05) is 6.07 Å². The van der Waals surface area contributed by atoms with Gasteiger partial charge in [0, 0.05) is 18.1 Å². The van der Waals surface area contributed by atoms with Crippen LogP contribution in [0.2, 0.25) is 0 Å². The maximum Gasteiger partial charge on any atom is 0.263 e. The zero-order valence-electron chi connectivity index (χ0n) is 17.7. The van der Waals surface area contributed by atoms with Gasteiger partial charge in [-0.15, -0.1) is 0 Å². The number of carbonyl (C=O) groups is 1. The van der Waals surface area contributed by atoms with Crippen LogP contribution >= 0.6 is 0 Å². The molecule has 3 rings (SSSR count). The van der Waals surface area contributed by atoms with E-state index >= 15 is 0 Å². The first-order chi connectivity index (χ1) is 15.3. The summed E-state index contributed by atoms with van der Waals surface area (Å²) in [5, 5.41) is 2.65. The van der Waals surface area contributed by atoms with Crippen molar-refractivity contribution >= 4 is 27.4 Å². The Kier molecular flexibility index (Phi) is 7.11. The largest absolute Gasteiger partial charge is 0.493 e. The van der Waals surface area contributed by atoms with Gasteiger partial charge in [-0.25, -0.2) is 18.4 Å². The molecule has 0 atom stereocenters. The number of aryl methyl sites for hydroxylation is 1. The first-order valence-electron chi connectivity index (χ1n) is 9.37. The van der Waals surface area contributed by atoms with Crippen LogP contribution in [0.1, 0.15) is 5.56 Å². The van der Waals surface area contributed by atoms with Crippen LogP contribution in [-0.4, -0.2) is 45.1 Å². The Morgan fingerprint density at radius 3 is 2.38 bits per heavy atom. The van der Waals surface area contributed by atoms with Crippen molar-refractivity contribution in [1.29, 1.82) is 0 Å². The molecule has 0 fully saturated rings. The third kappa shape index (κ3) is 5.64. The number of ether oxygens (including phenoxy) is 3. The lowest BCUT2D eigenvalue weighted by molar-refractivity contribution is -0.118. The van der Waals surface area contributed by atoms with E-state index in [0.29, 0.717) is 17.2 Å². The highest BCUT2D eigenvalue weighted by Crippen LogP contribution is 2.27. The molecule has 0 saturated heterocycles. The van der Waals surface area contributed by atoms with Crippen molar-refractivity contribution in [3.05, 3.63) is 60.4 Å². The fourth-order valence-electron chi connectivity index (χ4n) is 2.68. The number of methoxy groups -OCH3 is 2. The van der Waals surface area contributed by atoms with Crippen molar-refractivity contribution < 1.29 is 27.4 Å². The number of rotatable bonds is 9. The molecule has 0 aliphatic heterocycles. The molecule has 0 bridgehead atoms. The molecule has 0 aliphatic rings. The average Bonchev–Trinajstić information content (AvgIpc) is 2.78. The standard InChI is InChI=1S/C21H22N4O6S/c1-14-4-9-17(18(12-14)29-2)31-13-19(26)24-15-5-7-16(8-6-15)32(27,28)25-20-21(30-3)23-11-10-22-20/h4-12H,13H2,1-3H3,(H,22,25)(H,24,26). The molecule has 2 N–H and O–H groups in total. The summed E-state index contributed by atoms with van der Waals surface area (Å²) in [4.78, 5) is 20.0. The first kappa shape index (κ1) is 22.8. The van der Waals surface area contributed by atoms with Crippen molar-refractivity contribution in [2.45, 2.75) is 11.8 Å². The number of benzene rings is 2. The second-order valence-electron chi connectivity index (χ2n) is 6.54. The Morgan fingerprint density at radius 1 is 0.969 bits per heavy atom. The van der Waals surface area contributed by atoms with Crippen LogP contribution in [0.3, 0.4) is 0 Å². The second-order valence-corrected chi connectivity index (χ2v) is 8.22. The van der Waals surface area contributed by atoms with Gasteiger partial charge in [-0.05, 0) is 48.9 Å². The lowest BCUT2D eigenvalue weighted by atomic mass is 10.2. The second kappa shape index (κ2) is 9.96. The molecule has 0 unspecified atom stereocenters. The van der Waals surface area contributed by atoms with E-state index in [2.05, 4.69) is 20.0 Å². The number of carbonyl (C=O) groups excluding carboxylic acids is 1. The van der Waals surface area contributed by atoms with Crippen molar-refractivity contribution in [1.82, 2.24) is 9.97 Å². The van der Waals surface area contributed by atoms with Gasteiger partial charge in [-0.3, -0.25) is 9.52 Å². The number of anilines is 2. The van der Waals surface area contributed by atoms with Crippen molar-refractivity contribution in [2.24, 2.45) is 0 Å². The van der Waals surface area contributed by atoms with E-state index in [1.165, 1.54) is 50.9 Å². The third-order valence-corrected chi connectivity index (χ3v) is 5.57. The summed E-state index contributed by atoms with van der Waals surface area (Å²) in [5.41, 5.74) is 1.41. The fraction of sp³-hybridized carbons (Fsp3) is 0.190. The summed E-state index contributed by atoms with van der Waals surface area (Å²) in [6.07, 6.45) is 2.72. The Hall–Kier alpha value is -3.86. The topological polar surface area (TPSA) is 129 Å². The predicted molar refractivity (Wildman–Crippen MR) is 118 cm³/mol. The van der Waals surface area contributed by atoms with Crippen molar-refractivity contribution in [3.63, 3.8) is 0 Å². The number of nitrogens with zero attached hydrogens (tertiary/aromatic N) is 2. The zero-order chi connectivity index (χ0) is 23.1. The summed E-state index contributed by atoms with van der Waals surface area (Å²) in [6, 6.07) is 11.0. The fourth-order valence-corrected chi connectivity index (χ4v) is 3.69. The third-order valence-electron chi connectivity index (χ3n) is 4.22. The number of aromatic nitrogens is 2. The Morgan fingerprint density at radius 2 is 1.69 bits per heavy atom. The first-order valence-corrected chi connectivity index (χ1v) is 10.9. The van der Waals surface area contributed by atoms with Crippen LogP contribution < -0.4 is 24.2 Å². The molecule has 1 amide bonds. The van der Waals surface area contributed by atoms with Crippen molar-refractivity contribution in [2.75, 3.05) is 30.9 Å². The Bertz CT molecular complexity index is 1200. The highest BCUT2D eigenvalue weighted by Gasteiger charge is 2.18. The molecule has 168 valence electrons. The summed E-state index contributed by atoms with van der Waals surface area (Å²) in [5.74, 6) is 0.576. The smallest absolute Gasteiger partial charge is 0.263 e. The van der Waals surface area contributed by atoms with Crippen LogP contribution in [0, 0.1) is 6.92 Å². The molecule has 1 heterocycles. The summed E-state index contributed by atoms with van der Waals surface area (Å²) >= 11 is 0. The molecule has 11 heteroatoms. The van der Waals surface area contributed by atoms with Gasteiger partial charge in [0.2, 0.25) is 5.82 Å². The number of nitrogens with one attached hydrogen (secondary N) is 2. The number of hydrogen-bond acceptors (Lipinski definition) is 8. The van der Waals surface area contributed by atoms with E-state index in [1.807, 2.05) is 13.0 Å². The van der Waals surface area contributed by atoms with Crippen molar-refractivity contribution in [3.8, 4) is 17.4 Å². The number of hydrogen-bond donors (Lipinski definition) is 2. The Balaban J connectivity index is 1.62. The van der Waals surface area contributed by atoms with Crippen LogP contribution in [0.15, 0.2) is 59.8 Å². The summed E-state index contributed by atoms with van der Waals surface area (Å²) in [6.45, 7) is 1.68. The maximum absolute atomic E-state index is 12.6. The molecule has 1 aromatic heterocycles.